The van der Waals surface area contributed by atoms with Crippen LogP contribution in [0.3, 0.4) is 0 Å². The zero-order valence-corrected chi connectivity index (χ0v) is 41.2. The number of amides is 3. The lowest BCUT2D eigenvalue weighted by Gasteiger charge is -2.43. The van der Waals surface area contributed by atoms with Crippen LogP contribution in [0.2, 0.25) is 0 Å². The van der Waals surface area contributed by atoms with E-state index in [4.69, 9.17) is 4.74 Å². The van der Waals surface area contributed by atoms with Crippen molar-refractivity contribution in [2.45, 2.75) is 123 Å². The van der Waals surface area contributed by atoms with Crippen molar-refractivity contribution in [3.8, 4) is 16.2 Å². The maximum atomic E-state index is 16.1. The normalized spacial score (nSPS) is 19.3. The minimum Gasteiger partial charge on any atom is -0.493 e. The first-order valence-corrected chi connectivity index (χ1v) is 24.5. The number of halogens is 3. The predicted molar refractivity (Wildman–Crippen MR) is 260 cm³/mol. The molecular formula is C52H66F3N7O5S. The highest BCUT2D eigenvalue weighted by Gasteiger charge is 2.45. The van der Waals surface area contributed by atoms with Crippen LogP contribution in [0, 0.1) is 24.0 Å². The summed E-state index contributed by atoms with van der Waals surface area (Å²) in [6.45, 7) is 13.4. The molecule has 4 N–H and O–H groups in total. The summed E-state index contributed by atoms with van der Waals surface area (Å²) in [5.74, 6) is -2.62. The van der Waals surface area contributed by atoms with Gasteiger partial charge in [-0.3, -0.25) is 24.2 Å². The fourth-order valence-corrected chi connectivity index (χ4v) is 10.4. The molecule has 0 bridgehead atoms. The summed E-state index contributed by atoms with van der Waals surface area (Å²) in [5.41, 5.74) is 4.75. The van der Waals surface area contributed by atoms with Gasteiger partial charge in [-0.25, -0.2) is 18.2 Å². The SMILES string of the molecule is Cc1ncsc1-c1ccc(CNC(=O)[C@@H]2C[C@@H](O)CN2C(=O)C(NC(=O)CN(C)CCCCCOc2cc(F)c([C@@H]3c4[nH]c5ccccc5c4C[C@@H](C)N3CC(C)(C)F)c(F)c2)C(C)(C)C)cc1. The number of aliphatic hydroxyl groups excluding tert-OH is 1. The molecule has 1 fully saturated rings. The number of hydrogen-bond acceptors (Lipinski definition) is 9. The number of rotatable bonds is 18. The Kier molecular flexibility index (Phi) is 15.7. The number of para-hydroxylation sites is 1. The number of nitrogens with one attached hydrogen (secondary N) is 3. The lowest BCUT2D eigenvalue weighted by molar-refractivity contribution is -0.144. The Labute approximate surface area is 401 Å². The minimum atomic E-state index is -1.60. The number of aromatic amines is 1. The molecule has 4 heterocycles. The molecule has 5 atom stereocenters. The van der Waals surface area contributed by atoms with Crippen molar-refractivity contribution in [2.75, 3.05) is 39.8 Å². The average Bonchev–Trinajstić information content (AvgIpc) is 3.99. The predicted octanol–water partition coefficient (Wildman–Crippen LogP) is 8.25. The van der Waals surface area contributed by atoms with E-state index in [0.717, 1.165) is 38.2 Å². The quantitative estimate of drug-likeness (QED) is 0.0644. The molecule has 16 heteroatoms. The van der Waals surface area contributed by atoms with Crippen LogP contribution in [0.4, 0.5) is 13.2 Å². The Morgan fingerprint density at radius 2 is 1.74 bits per heavy atom. The number of aromatic nitrogens is 2. The maximum absolute atomic E-state index is 16.1. The molecule has 0 saturated carbocycles. The summed E-state index contributed by atoms with van der Waals surface area (Å²) < 4.78 is 53.3. The monoisotopic (exact) mass is 957 g/mol. The molecule has 5 aromatic rings. The van der Waals surface area contributed by atoms with Gasteiger partial charge in [0.1, 0.15) is 35.1 Å². The number of thiazole rings is 1. The molecule has 68 heavy (non-hydrogen) atoms. The third-order valence-corrected chi connectivity index (χ3v) is 14.0. The Morgan fingerprint density at radius 1 is 1.03 bits per heavy atom. The van der Waals surface area contributed by atoms with Gasteiger partial charge in [-0.05, 0) is 95.1 Å². The standard InChI is InChI=1S/C52H66F3N7O5S/c1-31-22-38-37-14-10-11-15-41(37)58-45(38)46(62(31)29-52(6,7)55)44-39(53)24-36(25-40(44)54)67-21-13-9-12-20-60(8)28-43(64)59-48(51(3,4)5)50(66)61-27-35(63)23-42(61)49(65)56-26-33-16-18-34(19-17-33)47-32(2)57-30-68-47/h10-11,14-19,24-25,30-31,35,42,46,48,58,63H,9,12-13,20-23,26-29H2,1-8H3,(H,56,65)(H,59,64)/t31-,35-,42+,46-,48?/m1/s1. The third kappa shape index (κ3) is 11.9. The van der Waals surface area contributed by atoms with E-state index in [1.165, 1.54) is 30.9 Å². The Bertz CT molecular complexity index is 2550. The molecule has 2 aromatic heterocycles. The summed E-state index contributed by atoms with van der Waals surface area (Å²) >= 11 is 1.57. The van der Waals surface area contributed by atoms with E-state index in [1.54, 1.807) is 11.3 Å². The van der Waals surface area contributed by atoms with Crippen LogP contribution < -0.4 is 15.4 Å². The summed E-state index contributed by atoms with van der Waals surface area (Å²) in [5, 5.41) is 17.5. The number of aryl methyl sites for hydroxylation is 1. The summed E-state index contributed by atoms with van der Waals surface area (Å²) in [6.07, 6.45) is 1.84. The van der Waals surface area contributed by atoms with Crippen molar-refractivity contribution < 1.29 is 37.4 Å². The van der Waals surface area contributed by atoms with E-state index in [9.17, 15) is 19.5 Å². The van der Waals surface area contributed by atoms with Crippen LogP contribution in [0.15, 0.2) is 66.2 Å². The Balaban J connectivity index is 0.880. The third-order valence-electron chi connectivity index (χ3n) is 13.0. The molecule has 2 aliphatic heterocycles. The second kappa shape index (κ2) is 21.1. The molecule has 366 valence electrons. The van der Waals surface area contributed by atoms with Crippen LogP contribution in [-0.2, 0) is 27.3 Å². The molecule has 1 saturated heterocycles. The first kappa shape index (κ1) is 50.6. The molecular weight excluding hydrogens is 892 g/mol. The number of carbonyl (C=O) groups excluding carboxylic acids is 3. The topological polar surface area (TPSA) is 143 Å². The van der Waals surface area contributed by atoms with Crippen molar-refractivity contribution in [3.63, 3.8) is 0 Å². The minimum absolute atomic E-state index is 0.0127. The van der Waals surface area contributed by atoms with Gasteiger partial charge in [-0.15, -0.1) is 11.3 Å². The van der Waals surface area contributed by atoms with Crippen molar-refractivity contribution in [2.24, 2.45) is 5.41 Å². The van der Waals surface area contributed by atoms with Gasteiger partial charge in [0, 0.05) is 66.4 Å². The molecule has 12 nitrogen and oxygen atoms in total. The molecule has 0 radical (unpaired) electrons. The highest BCUT2D eigenvalue weighted by atomic mass is 32.1. The Hall–Kier alpha value is -5.29. The highest BCUT2D eigenvalue weighted by molar-refractivity contribution is 7.13. The number of likely N-dealkylation sites (tertiary alicyclic amines) is 1. The number of ether oxygens (including phenoxy) is 1. The van der Waals surface area contributed by atoms with Crippen molar-refractivity contribution in [3.05, 3.63) is 106 Å². The number of aliphatic hydroxyl groups is 1. The van der Waals surface area contributed by atoms with Gasteiger partial charge in [-0.1, -0.05) is 63.2 Å². The maximum Gasteiger partial charge on any atom is 0.246 e. The van der Waals surface area contributed by atoms with Gasteiger partial charge in [0.15, 0.2) is 0 Å². The zero-order valence-electron chi connectivity index (χ0n) is 40.4. The van der Waals surface area contributed by atoms with Crippen molar-refractivity contribution in [1.82, 2.24) is 35.3 Å². The van der Waals surface area contributed by atoms with E-state index < -0.39 is 52.9 Å². The Morgan fingerprint density at radius 3 is 2.40 bits per heavy atom. The number of likely N-dealkylation sites (N-methyl/N-ethyl adjacent to an activating group) is 1. The van der Waals surface area contributed by atoms with Crippen LogP contribution in [0.5, 0.6) is 5.75 Å². The molecule has 7 rings (SSSR count). The van der Waals surface area contributed by atoms with Crippen LogP contribution in [-0.4, -0.2) is 117 Å². The van der Waals surface area contributed by atoms with Gasteiger partial charge in [0.2, 0.25) is 17.7 Å². The van der Waals surface area contributed by atoms with Gasteiger partial charge in [0.25, 0.3) is 0 Å². The van der Waals surface area contributed by atoms with Crippen molar-refractivity contribution in [1.29, 1.82) is 0 Å². The van der Waals surface area contributed by atoms with E-state index in [1.807, 2.05) is 106 Å². The molecule has 0 spiro atoms. The lowest BCUT2D eigenvalue weighted by atomic mass is 9.85. The summed E-state index contributed by atoms with van der Waals surface area (Å²) in [4.78, 5) is 54.9. The van der Waals surface area contributed by atoms with E-state index in [2.05, 4.69) is 20.6 Å². The van der Waals surface area contributed by atoms with Gasteiger partial charge >= 0.3 is 0 Å². The van der Waals surface area contributed by atoms with E-state index in [-0.39, 0.29) is 68.4 Å². The fourth-order valence-electron chi connectivity index (χ4n) is 9.57. The number of hydrogen-bond donors (Lipinski definition) is 4. The van der Waals surface area contributed by atoms with Gasteiger partial charge in [-0.2, -0.15) is 0 Å². The summed E-state index contributed by atoms with van der Waals surface area (Å²) in [7, 11) is 1.81. The second-order valence-electron chi connectivity index (χ2n) is 20.3. The average molecular weight is 958 g/mol. The number of carbonyl (C=O) groups is 3. The largest absolute Gasteiger partial charge is 0.493 e. The fraction of sp³-hybridized carbons (Fsp3) is 0.500. The zero-order chi connectivity index (χ0) is 49.1. The van der Waals surface area contributed by atoms with Crippen LogP contribution in [0.25, 0.3) is 21.3 Å². The molecule has 3 amide bonds. The number of fused-ring (bicyclic) bond motifs is 3. The van der Waals surface area contributed by atoms with Crippen LogP contribution in [0.1, 0.15) is 101 Å². The first-order chi connectivity index (χ1) is 32.2. The second-order valence-corrected chi connectivity index (χ2v) is 21.2. The molecule has 1 unspecified atom stereocenters. The lowest BCUT2D eigenvalue weighted by Crippen LogP contribution is -2.58. The number of benzene rings is 3. The molecule has 3 aromatic carbocycles. The van der Waals surface area contributed by atoms with Crippen LogP contribution >= 0.6 is 11.3 Å². The first-order valence-electron chi connectivity index (χ1n) is 23.6. The van der Waals surface area contributed by atoms with Crippen molar-refractivity contribution >= 4 is 40.0 Å². The number of alkyl halides is 1. The number of unbranched alkanes of at least 4 members (excludes halogenated alkanes) is 2. The van der Waals surface area contributed by atoms with E-state index in [0.29, 0.717) is 37.9 Å². The van der Waals surface area contributed by atoms with E-state index >= 15 is 13.2 Å². The smallest absolute Gasteiger partial charge is 0.246 e. The number of β-amino-alcohol motifs (C(OH)–C–C–N with tert-alkyl or cyclic N) is 1. The molecule has 2 aliphatic rings. The number of nitrogens with zero attached hydrogens (tertiary/aromatic N) is 4. The van der Waals surface area contributed by atoms with Gasteiger partial charge < -0.3 is 30.4 Å². The number of H-pyrrole nitrogens is 1. The van der Waals surface area contributed by atoms with Gasteiger partial charge in [0.05, 0.1) is 41.4 Å². The highest BCUT2D eigenvalue weighted by Crippen LogP contribution is 2.44. The summed E-state index contributed by atoms with van der Waals surface area (Å²) in [6, 6.07) is 15.1. The molecule has 0 aliphatic carbocycles.